The summed E-state index contributed by atoms with van der Waals surface area (Å²) in [4.78, 5) is 14.9. The Morgan fingerprint density at radius 1 is 1.08 bits per heavy atom. The Hall–Kier alpha value is -1.95. The van der Waals surface area contributed by atoms with Crippen LogP contribution < -0.4 is 19.5 Å². The van der Waals surface area contributed by atoms with Gasteiger partial charge in [0.1, 0.15) is 0 Å². The first-order valence-corrected chi connectivity index (χ1v) is 9.02. The number of ether oxygens (including phenoxy) is 3. The van der Waals surface area contributed by atoms with Gasteiger partial charge in [-0.1, -0.05) is 0 Å². The molecule has 1 fully saturated rings. The van der Waals surface area contributed by atoms with E-state index in [9.17, 15) is 4.79 Å². The van der Waals surface area contributed by atoms with Gasteiger partial charge in [-0.2, -0.15) is 0 Å². The quantitative estimate of drug-likeness (QED) is 0.819. The third-order valence-electron chi connectivity index (χ3n) is 4.01. The SMILES string of the molecule is CCOc1cc(C(=O)N2CCNC(C)(C)C2)cc(OCC)c1OCC. The van der Waals surface area contributed by atoms with Crippen molar-refractivity contribution in [3.8, 4) is 17.2 Å². The lowest BCUT2D eigenvalue weighted by atomic mass is 10.0. The second kappa shape index (κ2) is 8.43. The van der Waals surface area contributed by atoms with Crippen molar-refractivity contribution in [2.24, 2.45) is 0 Å². The van der Waals surface area contributed by atoms with Gasteiger partial charge in [-0.3, -0.25) is 4.79 Å². The van der Waals surface area contributed by atoms with E-state index in [1.54, 1.807) is 12.1 Å². The van der Waals surface area contributed by atoms with E-state index in [2.05, 4.69) is 19.2 Å². The van der Waals surface area contributed by atoms with Crippen LogP contribution in [0.25, 0.3) is 0 Å². The van der Waals surface area contributed by atoms with Crippen molar-refractivity contribution < 1.29 is 19.0 Å². The number of rotatable bonds is 7. The molecule has 6 heteroatoms. The molecule has 1 aromatic carbocycles. The van der Waals surface area contributed by atoms with Gasteiger partial charge in [-0.05, 0) is 46.8 Å². The molecule has 2 rings (SSSR count). The zero-order chi connectivity index (χ0) is 18.4. The van der Waals surface area contributed by atoms with Gasteiger partial charge in [-0.25, -0.2) is 0 Å². The van der Waals surface area contributed by atoms with Gasteiger partial charge in [0.25, 0.3) is 5.91 Å². The molecular weight excluding hydrogens is 320 g/mol. The predicted octanol–water partition coefficient (Wildman–Crippen LogP) is 2.71. The fraction of sp³-hybridized carbons (Fsp3) is 0.632. The Kier molecular flexibility index (Phi) is 6.53. The van der Waals surface area contributed by atoms with Gasteiger partial charge in [0.2, 0.25) is 5.75 Å². The van der Waals surface area contributed by atoms with Crippen LogP contribution in [0.4, 0.5) is 0 Å². The molecule has 0 saturated carbocycles. The number of hydrogen-bond donors (Lipinski definition) is 1. The summed E-state index contributed by atoms with van der Waals surface area (Å²) in [5, 5.41) is 3.42. The van der Waals surface area contributed by atoms with Crippen LogP contribution in [0, 0.1) is 0 Å². The van der Waals surface area contributed by atoms with Crippen LogP contribution in [0.3, 0.4) is 0 Å². The minimum Gasteiger partial charge on any atom is -0.490 e. The molecule has 6 nitrogen and oxygen atoms in total. The number of piperazine rings is 1. The van der Waals surface area contributed by atoms with Crippen LogP contribution in [-0.2, 0) is 0 Å². The molecule has 1 amide bonds. The van der Waals surface area contributed by atoms with Crippen molar-refractivity contribution in [1.82, 2.24) is 10.2 Å². The molecule has 0 spiro atoms. The Bertz CT molecular complexity index is 574. The lowest BCUT2D eigenvalue weighted by Crippen LogP contribution is -2.58. The van der Waals surface area contributed by atoms with Gasteiger partial charge >= 0.3 is 0 Å². The smallest absolute Gasteiger partial charge is 0.254 e. The lowest BCUT2D eigenvalue weighted by molar-refractivity contribution is 0.0651. The van der Waals surface area contributed by atoms with Gasteiger partial charge in [0.15, 0.2) is 11.5 Å². The molecular formula is C19H30N2O4. The Labute approximate surface area is 150 Å². The van der Waals surface area contributed by atoms with Gasteiger partial charge < -0.3 is 24.4 Å². The van der Waals surface area contributed by atoms with Crippen LogP contribution in [0.15, 0.2) is 12.1 Å². The van der Waals surface area contributed by atoms with E-state index < -0.39 is 0 Å². The van der Waals surface area contributed by atoms with Crippen molar-refractivity contribution in [2.75, 3.05) is 39.5 Å². The van der Waals surface area contributed by atoms with Crippen molar-refractivity contribution in [2.45, 2.75) is 40.2 Å². The van der Waals surface area contributed by atoms with E-state index in [1.165, 1.54) is 0 Å². The number of amides is 1. The number of nitrogens with zero attached hydrogens (tertiary/aromatic N) is 1. The van der Waals surface area contributed by atoms with E-state index in [-0.39, 0.29) is 11.4 Å². The summed E-state index contributed by atoms with van der Waals surface area (Å²) in [5.74, 6) is 1.64. The number of nitrogens with one attached hydrogen (secondary N) is 1. The topological polar surface area (TPSA) is 60.0 Å². The molecule has 0 atom stereocenters. The summed E-state index contributed by atoms with van der Waals surface area (Å²) in [6.45, 7) is 13.5. The molecule has 0 radical (unpaired) electrons. The monoisotopic (exact) mass is 350 g/mol. The minimum absolute atomic E-state index is 0.0143. The number of hydrogen-bond acceptors (Lipinski definition) is 5. The number of carbonyl (C=O) groups excluding carboxylic acids is 1. The summed E-state index contributed by atoms with van der Waals surface area (Å²) >= 11 is 0. The Morgan fingerprint density at radius 3 is 2.12 bits per heavy atom. The molecule has 1 saturated heterocycles. The third kappa shape index (κ3) is 4.78. The molecule has 0 unspecified atom stereocenters. The zero-order valence-corrected chi connectivity index (χ0v) is 16.0. The average molecular weight is 350 g/mol. The highest BCUT2D eigenvalue weighted by molar-refractivity contribution is 5.95. The fourth-order valence-corrected chi connectivity index (χ4v) is 3.01. The first-order valence-electron chi connectivity index (χ1n) is 9.02. The van der Waals surface area contributed by atoms with Crippen molar-refractivity contribution in [1.29, 1.82) is 0 Å². The van der Waals surface area contributed by atoms with E-state index in [4.69, 9.17) is 14.2 Å². The summed E-state index contributed by atoms with van der Waals surface area (Å²) in [5.41, 5.74) is 0.470. The summed E-state index contributed by atoms with van der Waals surface area (Å²) in [6.07, 6.45) is 0. The van der Waals surface area contributed by atoms with Crippen LogP contribution in [0.5, 0.6) is 17.2 Å². The zero-order valence-electron chi connectivity index (χ0n) is 16.0. The van der Waals surface area contributed by atoms with Crippen LogP contribution >= 0.6 is 0 Å². The Morgan fingerprint density at radius 2 is 1.64 bits per heavy atom. The van der Waals surface area contributed by atoms with E-state index in [0.717, 1.165) is 6.54 Å². The molecule has 1 heterocycles. The maximum atomic E-state index is 13.0. The van der Waals surface area contributed by atoms with Crippen LogP contribution in [0.1, 0.15) is 45.0 Å². The molecule has 1 N–H and O–H groups in total. The maximum Gasteiger partial charge on any atom is 0.254 e. The second-order valence-corrected chi connectivity index (χ2v) is 6.64. The van der Waals surface area contributed by atoms with Gasteiger partial charge in [0, 0.05) is 30.7 Å². The highest BCUT2D eigenvalue weighted by Gasteiger charge is 2.30. The molecule has 25 heavy (non-hydrogen) atoms. The van der Waals surface area contributed by atoms with Crippen molar-refractivity contribution >= 4 is 5.91 Å². The number of carbonyl (C=O) groups is 1. The molecule has 1 aromatic rings. The molecule has 0 aromatic heterocycles. The molecule has 1 aliphatic rings. The first-order chi connectivity index (χ1) is 11.9. The third-order valence-corrected chi connectivity index (χ3v) is 4.01. The first kappa shape index (κ1) is 19.4. The van der Waals surface area contributed by atoms with Gasteiger partial charge in [0.05, 0.1) is 19.8 Å². The largest absolute Gasteiger partial charge is 0.490 e. The van der Waals surface area contributed by atoms with E-state index >= 15 is 0 Å². The van der Waals surface area contributed by atoms with Gasteiger partial charge in [-0.15, -0.1) is 0 Å². The second-order valence-electron chi connectivity index (χ2n) is 6.64. The lowest BCUT2D eigenvalue weighted by Gasteiger charge is -2.39. The highest BCUT2D eigenvalue weighted by atomic mass is 16.5. The predicted molar refractivity (Wildman–Crippen MR) is 97.9 cm³/mol. The Balaban J connectivity index is 2.37. The highest BCUT2D eigenvalue weighted by Crippen LogP contribution is 2.39. The summed E-state index contributed by atoms with van der Waals surface area (Å²) in [6, 6.07) is 3.52. The van der Waals surface area contributed by atoms with E-state index in [1.807, 2.05) is 25.7 Å². The summed E-state index contributed by atoms with van der Waals surface area (Å²) in [7, 11) is 0. The van der Waals surface area contributed by atoms with Crippen molar-refractivity contribution in [3.63, 3.8) is 0 Å². The van der Waals surface area contributed by atoms with Crippen molar-refractivity contribution in [3.05, 3.63) is 17.7 Å². The molecule has 140 valence electrons. The average Bonchev–Trinajstić information content (AvgIpc) is 2.56. The normalized spacial score (nSPS) is 16.4. The standard InChI is InChI=1S/C19H30N2O4/c1-6-23-15-11-14(12-16(24-7-2)17(15)25-8-3)18(22)21-10-9-20-19(4,5)13-21/h11-12,20H,6-10,13H2,1-5H3. The summed E-state index contributed by atoms with van der Waals surface area (Å²) < 4.78 is 17.1. The van der Waals surface area contributed by atoms with E-state index in [0.29, 0.717) is 55.7 Å². The van der Waals surface area contributed by atoms with Crippen LogP contribution in [-0.4, -0.2) is 55.8 Å². The fourth-order valence-electron chi connectivity index (χ4n) is 3.01. The molecule has 1 aliphatic heterocycles. The van der Waals surface area contributed by atoms with Crippen LogP contribution in [0.2, 0.25) is 0 Å². The maximum absolute atomic E-state index is 13.0. The number of benzene rings is 1. The molecule has 0 aliphatic carbocycles. The molecule has 0 bridgehead atoms. The minimum atomic E-state index is -0.0926.